The molecule has 0 amide bonds. The van der Waals surface area contributed by atoms with Crippen molar-refractivity contribution >= 4 is 33.6 Å². The molecule has 5 heteroatoms. The molecule has 26 heavy (non-hydrogen) atoms. The molecule has 5 rings (SSSR count). The molecule has 3 aliphatic rings. The zero-order chi connectivity index (χ0) is 17.7. The van der Waals surface area contributed by atoms with Crippen LogP contribution in [0.15, 0.2) is 35.3 Å². The maximum absolute atomic E-state index is 12.8. The first-order valence-electron chi connectivity index (χ1n) is 9.39. The first-order chi connectivity index (χ1) is 12.7. The number of rotatable bonds is 2. The van der Waals surface area contributed by atoms with E-state index in [2.05, 4.69) is 29.2 Å². The van der Waals surface area contributed by atoms with E-state index in [1.54, 1.807) is 11.3 Å². The zero-order valence-electron chi connectivity index (χ0n) is 14.9. The number of fused-ring (bicyclic) bond motifs is 2. The Morgan fingerprint density at radius 2 is 1.92 bits per heavy atom. The van der Waals surface area contributed by atoms with Gasteiger partial charge in [0.15, 0.2) is 5.78 Å². The fraction of sp³-hybridized carbons (Fsp3) is 0.429. The van der Waals surface area contributed by atoms with Crippen LogP contribution in [0.1, 0.15) is 46.0 Å². The number of amidine groups is 1. The van der Waals surface area contributed by atoms with Gasteiger partial charge in [-0.25, -0.2) is 4.99 Å². The smallest absolute Gasteiger partial charge is 0.176 e. The molecular weight excluding hydrogens is 344 g/mol. The molecule has 0 saturated carbocycles. The van der Waals surface area contributed by atoms with Crippen molar-refractivity contribution in [2.45, 2.75) is 32.1 Å². The van der Waals surface area contributed by atoms with Crippen LogP contribution >= 0.6 is 11.3 Å². The average molecular weight is 366 g/mol. The molecule has 0 aliphatic carbocycles. The van der Waals surface area contributed by atoms with E-state index in [0.29, 0.717) is 5.92 Å². The number of ether oxygens (including phenoxy) is 1. The van der Waals surface area contributed by atoms with Crippen LogP contribution < -0.4 is 4.90 Å². The van der Waals surface area contributed by atoms with Gasteiger partial charge >= 0.3 is 0 Å². The third kappa shape index (κ3) is 2.61. The van der Waals surface area contributed by atoms with E-state index >= 15 is 0 Å². The number of ketones is 1. The van der Waals surface area contributed by atoms with Gasteiger partial charge in [-0.1, -0.05) is 12.1 Å². The number of thiophene rings is 1. The molecule has 1 unspecified atom stereocenters. The Hall–Kier alpha value is -1.98. The standard InChI is InChI=1S/C21H22N2O2S/c1-13-12-18-19(24)17-6-9-23(20(17)22-21(18)26-13)16-4-2-14(3-5-16)15-7-10-25-11-8-15/h2-5,12,15,17H,6-11H2,1H3. The van der Waals surface area contributed by atoms with Gasteiger partial charge in [0, 0.05) is 30.3 Å². The van der Waals surface area contributed by atoms with Gasteiger partial charge in [-0.3, -0.25) is 4.79 Å². The van der Waals surface area contributed by atoms with Crippen LogP contribution in [0, 0.1) is 12.8 Å². The number of nitrogens with zero attached hydrogens (tertiary/aromatic N) is 2. The number of hydrogen-bond acceptors (Lipinski definition) is 5. The van der Waals surface area contributed by atoms with Crippen molar-refractivity contribution in [3.8, 4) is 0 Å². The molecule has 1 atom stereocenters. The van der Waals surface area contributed by atoms with Crippen LogP contribution in [0.4, 0.5) is 10.7 Å². The lowest BCUT2D eigenvalue weighted by molar-refractivity contribution is 0.0853. The van der Waals surface area contributed by atoms with Gasteiger partial charge in [0.2, 0.25) is 0 Å². The molecule has 4 nitrogen and oxygen atoms in total. The van der Waals surface area contributed by atoms with Crippen molar-refractivity contribution in [3.63, 3.8) is 0 Å². The molecule has 0 spiro atoms. The highest BCUT2D eigenvalue weighted by atomic mass is 32.1. The Bertz CT molecular complexity index is 878. The summed E-state index contributed by atoms with van der Waals surface area (Å²) in [6, 6.07) is 10.9. The number of anilines is 1. The minimum atomic E-state index is -0.0772. The maximum atomic E-state index is 12.8. The van der Waals surface area contributed by atoms with Gasteiger partial charge in [0.25, 0.3) is 0 Å². The first-order valence-corrected chi connectivity index (χ1v) is 10.2. The van der Waals surface area contributed by atoms with E-state index in [4.69, 9.17) is 9.73 Å². The van der Waals surface area contributed by atoms with Crippen molar-refractivity contribution in [2.24, 2.45) is 10.9 Å². The topological polar surface area (TPSA) is 41.9 Å². The Morgan fingerprint density at radius 1 is 1.15 bits per heavy atom. The number of aliphatic imine (C=N–C) groups is 1. The molecule has 0 radical (unpaired) electrons. The zero-order valence-corrected chi connectivity index (χ0v) is 15.7. The van der Waals surface area contributed by atoms with Gasteiger partial charge in [-0.05, 0) is 55.9 Å². The molecule has 2 saturated heterocycles. The van der Waals surface area contributed by atoms with Crippen molar-refractivity contribution in [2.75, 3.05) is 24.7 Å². The fourth-order valence-corrected chi connectivity index (χ4v) is 5.24. The molecule has 3 aliphatic heterocycles. The van der Waals surface area contributed by atoms with Crippen molar-refractivity contribution in [1.82, 2.24) is 0 Å². The Labute approximate surface area is 157 Å². The summed E-state index contributed by atoms with van der Waals surface area (Å²) in [7, 11) is 0. The molecular formula is C21H22N2O2S. The molecule has 4 heterocycles. The summed E-state index contributed by atoms with van der Waals surface area (Å²) >= 11 is 1.61. The second-order valence-corrected chi connectivity index (χ2v) is 8.62. The van der Waals surface area contributed by atoms with Crippen molar-refractivity contribution in [1.29, 1.82) is 0 Å². The lowest BCUT2D eigenvalue weighted by Gasteiger charge is -2.25. The minimum absolute atomic E-state index is 0.0772. The summed E-state index contributed by atoms with van der Waals surface area (Å²) in [4.78, 5) is 21.1. The highest BCUT2D eigenvalue weighted by Crippen LogP contribution is 2.41. The predicted molar refractivity (Wildman–Crippen MR) is 105 cm³/mol. The second-order valence-electron chi connectivity index (χ2n) is 7.38. The molecule has 2 aromatic rings. The first kappa shape index (κ1) is 16.2. The number of benzene rings is 1. The average Bonchev–Trinajstić information content (AvgIpc) is 3.26. The van der Waals surface area contributed by atoms with E-state index in [-0.39, 0.29) is 11.7 Å². The van der Waals surface area contributed by atoms with Crippen molar-refractivity contribution < 1.29 is 9.53 Å². The van der Waals surface area contributed by atoms with E-state index in [1.165, 1.54) is 5.56 Å². The normalized spacial score (nSPS) is 23.0. The quantitative estimate of drug-likeness (QED) is 0.773. The van der Waals surface area contributed by atoms with E-state index in [0.717, 1.165) is 66.0 Å². The summed E-state index contributed by atoms with van der Waals surface area (Å²) in [6.45, 7) is 4.63. The lowest BCUT2D eigenvalue weighted by Crippen LogP contribution is -2.32. The van der Waals surface area contributed by atoms with Gasteiger partial charge in [0.05, 0.1) is 11.5 Å². The predicted octanol–water partition coefficient (Wildman–Crippen LogP) is 4.70. The number of carbonyl (C=O) groups is 1. The Kier molecular flexibility index (Phi) is 3.94. The van der Waals surface area contributed by atoms with Gasteiger partial charge in [-0.2, -0.15) is 0 Å². The van der Waals surface area contributed by atoms with E-state index < -0.39 is 0 Å². The molecule has 2 fully saturated rings. The summed E-state index contributed by atoms with van der Waals surface area (Å²) < 4.78 is 5.47. The molecule has 0 N–H and O–H groups in total. The third-order valence-electron chi connectivity index (χ3n) is 5.76. The number of carbonyl (C=O) groups excluding carboxylic acids is 1. The highest BCUT2D eigenvalue weighted by Gasteiger charge is 2.40. The highest BCUT2D eigenvalue weighted by molar-refractivity contribution is 7.16. The summed E-state index contributed by atoms with van der Waals surface area (Å²) in [5.41, 5.74) is 3.36. The minimum Gasteiger partial charge on any atom is -0.381 e. The van der Waals surface area contributed by atoms with Gasteiger partial charge < -0.3 is 9.64 Å². The second kappa shape index (κ2) is 6.32. The molecule has 1 aromatic carbocycles. The van der Waals surface area contributed by atoms with Crippen LogP contribution in [0.25, 0.3) is 0 Å². The van der Waals surface area contributed by atoms with Crippen LogP contribution in [0.2, 0.25) is 0 Å². The monoisotopic (exact) mass is 366 g/mol. The van der Waals surface area contributed by atoms with Crippen LogP contribution in [-0.4, -0.2) is 31.4 Å². The summed E-state index contributed by atoms with van der Waals surface area (Å²) in [5, 5.41) is 0.879. The largest absolute Gasteiger partial charge is 0.381 e. The van der Waals surface area contributed by atoms with Crippen LogP contribution in [0.5, 0.6) is 0 Å². The molecule has 0 bridgehead atoms. The Morgan fingerprint density at radius 3 is 2.69 bits per heavy atom. The lowest BCUT2D eigenvalue weighted by atomic mass is 9.91. The summed E-state index contributed by atoms with van der Waals surface area (Å²) in [5.74, 6) is 1.71. The van der Waals surface area contributed by atoms with Crippen LogP contribution in [-0.2, 0) is 4.74 Å². The molecule has 134 valence electrons. The van der Waals surface area contributed by atoms with E-state index in [1.807, 2.05) is 13.0 Å². The van der Waals surface area contributed by atoms with Gasteiger partial charge in [-0.15, -0.1) is 11.3 Å². The van der Waals surface area contributed by atoms with Gasteiger partial charge in [0.1, 0.15) is 10.8 Å². The number of hydrogen-bond donors (Lipinski definition) is 0. The number of aryl methyl sites for hydroxylation is 1. The number of Topliss-reactive ketones (excluding diaryl/α,β-unsaturated/α-hetero) is 1. The maximum Gasteiger partial charge on any atom is 0.176 e. The fourth-order valence-electron chi connectivity index (χ4n) is 4.35. The SMILES string of the molecule is Cc1cc2c(s1)N=C1C(CCN1c1ccc(C3CCOCC3)cc1)C2=O. The Balaban J connectivity index is 1.44. The van der Waals surface area contributed by atoms with Crippen molar-refractivity contribution in [3.05, 3.63) is 46.3 Å². The summed E-state index contributed by atoms with van der Waals surface area (Å²) in [6.07, 6.45) is 3.06. The molecule has 1 aromatic heterocycles. The van der Waals surface area contributed by atoms with E-state index in [9.17, 15) is 4.79 Å². The van der Waals surface area contributed by atoms with Crippen LogP contribution in [0.3, 0.4) is 0 Å². The third-order valence-corrected chi connectivity index (χ3v) is 6.71.